The van der Waals surface area contributed by atoms with E-state index in [1.165, 1.54) is 0 Å². The molecule has 1 amide bonds. The SMILES string of the molecule is C=CCN1Cc2ccccc2C2OC(c3ccccc3)=NC2C1=O. The molecule has 0 aromatic heterocycles. The highest BCUT2D eigenvalue weighted by molar-refractivity contribution is 5.99. The summed E-state index contributed by atoms with van der Waals surface area (Å²) in [4.78, 5) is 19.4. The average Bonchev–Trinajstić information content (AvgIpc) is 3.03. The molecular weight excluding hydrogens is 300 g/mol. The number of hydrogen-bond acceptors (Lipinski definition) is 3. The topological polar surface area (TPSA) is 41.9 Å². The summed E-state index contributed by atoms with van der Waals surface area (Å²) < 4.78 is 6.13. The Morgan fingerprint density at radius 2 is 1.92 bits per heavy atom. The van der Waals surface area contributed by atoms with Crippen molar-refractivity contribution < 1.29 is 9.53 Å². The molecule has 2 aromatic carbocycles. The minimum atomic E-state index is -0.538. The fraction of sp³-hybridized carbons (Fsp3) is 0.200. The van der Waals surface area contributed by atoms with E-state index in [9.17, 15) is 4.79 Å². The molecule has 0 bridgehead atoms. The van der Waals surface area contributed by atoms with E-state index in [-0.39, 0.29) is 12.0 Å². The molecule has 0 fully saturated rings. The first-order chi connectivity index (χ1) is 11.8. The zero-order valence-electron chi connectivity index (χ0n) is 13.3. The van der Waals surface area contributed by atoms with E-state index < -0.39 is 6.04 Å². The van der Waals surface area contributed by atoms with Crippen LogP contribution < -0.4 is 0 Å². The Morgan fingerprint density at radius 1 is 1.17 bits per heavy atom. The van der Waals surface area contributed by atoms with Gasteiger partial charge in [-0.25, -0.2) is 4.99 Å². The summed E-state index contributed by atoms with van der Waals surface area (Å²) in [6, 6.07) is 17.2. The molecule has 0 spiro atoms. The van der Waals surface area contributed by atoms with E-state index in [0.717, 1.165) is 16.7 Å². The van der Waals surface area contributed by atoms with Crippen molar-refractivity contribution in [1.29, 1.82) is 0 Å². The van der Waals surface area contributed by atoms with Crippen LogP contribution in [0, 0.1) is 0 Å². The van der Waals surface area contributed by atoms with Crippen molar-refractivity contribution in [1.82, 2.24) is 4.90 Å². The fourth-order valence-corrected chi connectivity index (χ4v) is 3.29. The van der Waals surface area contributed by atoms with Gasteiger partial charge in [0.15, 0.2) is 12.1 Å². The third-order valence-electron chi connectivity index (χ3n) is 4.44. The van der Waals surface area contributed by atoms with Crippen LogP contribution in [0.3, 0.4) is 0 Å². The van der Waals surface area contributed by atoms with E-state index in [1.807, 2.05) is 54.6 Å². The van der Waals surface area contributed by atoms with Gasteiger partial charge in [-0.2, -0.15) is 0 Å². The fourth-order valence-electron chi connectivity index (χ4n) is 3.29. The summed E-state index contributed by atoms with van der Waals surface area (Å²) in [5, 5.41) is 0. The molecule has 0 saturated heterocycles. The van der Waals surface area contributed by atoms with Crippen molar-refractivity contribution in [2.75, 3.05) is 6.54 Å². The van der Waals surface area contributed by atoms with Crippen molar-refractivity contribution in [2.24, 2.45) is 4.99 Å². The molecule has 2 aromatic rings. The van der Waals surface area contributed by atoms with Crippen molar-refractivity contribution in [2.45, 2.75) is 18.7 Å². The molecule has 4 rings (SSSR count). The van der Waals surface area contributed by atoms with Gasteiger partial charge < -0.3 is 9.64 Å². The first-order valence-electron chi connectivity index (χ1n) is 8.05. The van der Waals surface area contributed by atoms with Gasteiger partial charge in [0.25, 0.3) is 5.91 Å². The number of benzene rings is 2. The van der Waals surface area contributed by atoms with Gasteiger partial charge >= 0.3 is 0 Å². The predicted molar refractivity (Wildman–Crippen MR) is 92.6 cm³/mol. The number of fused-ring (bicyclic) bond motifs is 3. The largest absolute Gasteiger partial charge is 0.466 e. The molecule has 24 heavy (non-hydrogen) atoms. The molecule has 2 aliphatic heterocycles. The van der Waals surface area contributed by atoms with Crippen LogP contribution in [0.25, 0.3) is 0 Å². The van der Waals surface area contributed by atoms with E-state index in [0.29, 0.717) is 19.0 Å². The smallest absolute Gasteiger partial charge is 0.252 e. The molecule has 2 unspecified atom stereocenters. The summed E-state index contributed by atoms with van der Waals surface area (Å²) in [6.45, 7) is 4.83. The quantitative estimate of drug-likeness (QED) is 0.816. The summed E-state index contributed by atoms with van der Waals surface area (Å²) in [5.41, 5.74) is 3.04. The summed E-state index contributed by atoms with van der Waals surface area (Å²) in [6.07, 6.45) is 1.39. The molecule has 120 valence electrons. The number of carbonyl (C=O) groups excluding carboxylic acids is 1. The van der Waals surface area contributed by atoms with E-state index >= 15 is 0 Å². The number of aliphatic imine (C=N–C) groups is 1. The lowest BCUT2D eigenvalue weighted by Gasteiger charge is -2.20. The monoisotopic (exact) mass is 318 g/mol. The van der Waals surface area contributed by atoms with Crippen LogP contribution in [-0.2, 0) is 16.1 Å². The second-order valence-corrected chi connectivity index (χ2v) is 5.99. The van der Waals surface area contributed by atoms with Gasteiger partial charge in [-0.3, -0.25) is 4.79 Å². The molecule has 0 saturated carbocycles. The first kappa shape index (κ1) is 14.7. The van der Waals surface area contributed by atoms with Crippen LogP contribution >= 0.6 is 0 Å². The van der Waals surface area contributed by atoms with E-state index in [2.05, 4.69) is 11.6 Å². The van der Waals surface area contributed by atoms with Gasteiger partial charge in [-0.05, 0) is 17.7 Å². The molecule has 4 heteroatoms. The maximum atomic E-state index is 13.0. The van der Waals surface area contributed by atoms with Crippen LogP contribution in [0.1, 0.15) is 22.8 Å². The van der Waals surface area contributed by atoms with Gasteiger partial charge in [0.2, 0.25) is 5.90 Å². The second kappa shape index (κ2) is 5.96. The van der Waals surface area contributed by atoms with Crippen LogP contribution in [0.4, 0.5) is 0 Å². The average molecular weight is 318 g/mol. The molecule has 2 heterocycles. The Hall–Kier alpha value is -2.88. The molecule has 2 aliphatic rings. The van der Waals surface area contributed by atoms with Crippen molar-refractivity contribution in [3.63, 3.8) is 0 Å². The zero-order chi connectivity index (χ0) is 16.5. The lowest BCUT2D eigenvalue weighted by Crippen LogP contribution is -2.37. The Kier molecular flexibility index (Phi) is 3.65. The molecular formula is C20H18N2O2. The van der Waals surface area contributed by atoms with Crippen LogP contribution in [0.15, 0.2) is 72.2 Å². The minimum absolute atomic E-state index is 0.0120. The van der Waals surface area contributed by atoms with Gasteiger partial charge in [0, 0.05) is 24.2 Å². The number of amides is 1. The van der Waals surface area contributed by atoms with E-state index in [1.54, 1.807) is 11.0 Å². The molecule has 0 N–H and O–H groups in total. The first-order valence-corrected chi connectivity index (χ1v) is 8.05. The van der Waals surface area contributed by atoms with Gasteiger partial charge in [0.1, 0.15) is 0 Å². The Labute approximate surface area is 141 Å². The van der Waals surface area contributed by atoms with Crippen molar-refractivity contribution in [3.05, 3.63) is 83.9 Å². The number of hydrogen-bond donors (Lipinski definition) is 0. The number of ether oxygens (including phenoxy) is 1. The lowest BCUT2D eigenvalue weighted by molar-refractivity contribution is -0.133. The maximum absolute atomic E-state index is 13.0. The third-order valence-corrected chi connectivity index (χ3v) is 4.44. The molecule has 0 aliphatic carbocycles. The second-order valence-electron chi connectivity index (χ2n) is 5.99. The molecule has 2 atom stereocenters. The maximum Gasteiger partial charge on any atom is 0.252 e. The van der Waals surface area contributed by atoms with Crippen molar-refractivity contribution >= 4 is 11.8 Å². The lowest BCUT2D eigenvalue weighted by atomic mass is 9.99. The Balaban J connectivity index is 1.78. The molecule has 4 nitrogen and oxygen atoms in total. The highest BCUT2D eigenvalue weighted by atomic mass is 16.5. The Bertz CT molecular complexity index is 813. The standard InChI is InChI=1S/C20H18N2O2/c1-2-12-22-13-15-10-6-7-11-16(15)18-17(20(22)23)21-19(24-18)14-8-4-3-5-9-14/h2-11,17-18H,1,12-13H2. The number of rotatable bonds is 3. The summed E-state index contributed by atoms with van der Waals surface area (Å²) >= 11 is 0. The highest BCUT2D eigenvalue weighted by Gasteiger charge is 2.43. The third kappa shape index (κ3) is 2.40. The summed E-state index contributed by atoms with van der Waals surface area (Å²) in [5.74, 6) is 0.524. The van der Waals surface area contributed by atoms with Crippen molar-refractivity contribution in [3.8, 4) is 0 Å². The zero-order valence-corrected chi connectivity index (χ0v) is 13.3. The normalized spacial score (nSPS) is 22.1. The van der Waals surface area contributed by atoms with Crippen LogP contribution in [-0.4, -0.2) is 29.3 Å². The highest BCUT2D eigenvalue weighted by Crippen LogP contribution is 2.37. The van der Waals surface area contributed by atoms with Gasteiger partial charge in [-0.1, -0.05) is 48.5 Å². The van der Waals surface area contributed by atoms with Gasteiger partial charge in [-0.15, -0.1) is 6.58 Å². The Morgan fingerprint density at radius 3 is 2.71 bits per heavy atom. The number of carbonyl (C=O) groups is 1. The van der Waals surface area contributed by atoms with Crippen LogP contribution in [0.2, 0.25) is 0 Å². The summed E-state index contributed by atoms with van der Waals surface area (Å²) in [7, 11) is 0. The predicted octanol–water partition coefficient (Wildman–Crippen LogP) is 3.10. The van der Waals surface area contributed by atoms with Gasteiger partial charge in [0.05, 0.1) is 0 Å². The van der Waals surface area contributed by atoms with Crippen LogP contribution in [0.5, 0.6) is 0 Å². The molecule has 0 radical (unpaired) electrons. The van der Waals surface area contributed by atoms with E-state index in [4.69, 9.17) is 4.74 Å². The number of nitrogens with zero attached hydrogens (tertiary/aromatic N) is 2. The minimum Gasteiger partial charge on any atom is -0.466 e.